The number of ether oxygens (including phenoxy) is 4. The maximum atomic E-state index is 13.6. The van der Waals surface area contributed by atoms with Crippen molar-refractivity contribution in [3.8, 4) is 17.2 Å². The molecule has 1 aromatic heterocycles. The zero-order chi connectivity index (χ0) is 28.4. The van der Waals surface area contributed by atoms with Gasteiger partial charge in [-0.25, -0.2) is 9.78 Å². The molecule has 0 spiro atoms. The lowest BCUT2D eigenvalue weighted by Crippen LogP contribution is -2.29. The number of anilines is 1. The normalized spacial score (nSPS) is 16.4. The number of benzene rings is 2. The molecule has 204 valence electrons. The van der Waals surface area contributed by atoms with Gasteiger partial charge in [-0.3, -0.25) is 14.5 Å². The molecule has 1 aliphatic heterocycles. The molecule has 1 saturated heterocycles. The molecule has 1 amide bonds. The van der Waals surface area contributed by atoms with Gasteiger partial charge >= 0.3 is 11.9 Å². The van der Waals surface area contributed by atoms with Gasteiger partial charge in [0.05, 0.1) is 39.2 Å². The number of aliphatic hydroxyl groups is 1. The average molecular weight is 553 g/mol. The second-order valence-electron chi connectivity index (χ2n) is 8.59. The molecule has 2 heterocycles. The number of ketones is 1. The SMILES string of the molecule is CCOC(=O)c1sc(N2C(=O)C(=O)C(=C(O)c3ccc(OC)cc3C)C2c2cc(OC)ccc2OC)nc1C. The van der Waals surface area contributed by atoms with Crippen molar-refractivity contribution >= 4 is 39.9 Å². The van der Waals surface area contributed by atoms with Gasteiger partial charge in [-0.05, 0) is 62.7 Å². The van der Waals surface area contributed by atoms with Crippen molar-refractivity contribution in [2.45, 2.75) is 26.8 Å². The fourth-order valence-electron chi connectivity index (χ4n) is 4.42. The molecule has 0 radical (unpaired) electrons. The van der Waals surface area contributed by atoms with E-state index in [1.807, 2.05) is 0 Å². The van der Waals surface area contributed by atoms with Crippen LogP contribution in [0.4, 0.5) is 5.13 Å². The quantitative estimate of drug-likeness (QED) is 0.185. The first-order chi connectivity index (χ1) is 18.7. The predicted molar refractivity (Wildman–Crippen MR) is 145 cm³/mol. The van der Waals surface area contributed by atoms with Gasteiger partial charge in [-0.2, -0.15) is 0 Å². The summed E-state index contributed by atoms with van der Waals surface area (Å²) in [6.07, 6.45) is 0. The van der Waals surface area contributed by atoms with E-state index in [4.69, 9.17) is 18.9 Å². The molecule has 39 heavy (non-hydrogen) atoms. The third kappa shape index (κ3) is 4.92. The minimum Gasteiger partial charge on any atom is -0.507 e. The number of esters is 1. The highest BCUT2D eigenvalue weighted by molar-refractivity contribution is 7.17. The van der Waals surface area contributed by atoms with E-state index in [0.29, 0.717) is 39.6 Å². The maximum Gasteiger partial charge on any atom is 0.350 e. The number of carbonyl (C=O) groups is 3. The summed E-state index contributed by atoms with van der Waals surface area (Å²) in [6, 6.07) is 8.78. The first kappa shape index (κ1) is 27.6. The van der Waals surface area contributed by atoms with E-state index in [9.17, 15) is 19.5 Å². The standard InChI is InChI=1S/C28H28N2O8S/c1-7-38-27(34)25-15(3)29-28(39-25)30-22(19-13-17(36-5)9-11-20(19)37-6)21(24(32)26(30)33)23(31)18-10-8-16(35-4)12-14(18)2/h8-13,22,31H,7H2,1-6H3. The molecule has 1 unspecified atom stereocenters. The van der Waals surface area contributed by atoms with Crippen LogP contribution in [-0.2, 0) is 14.3 Å². The van der Waals surface area contributed by atoms with E-state index >= 15 is 0 Å². The van der Waals surface area contributed by atoms with Crippen molar-refractivity contribution in [1.82, 2.24) is 4.98 Å². The molecular weight excluding hydrogens is 524 g/mol. The van der Waals surface area contributed by atoms with Gasteiger partial charge in [-0.15, -0.1) is 0 Å². The van der Waals surface area contributed by atoms with E-state index < -0.39 is 23.7 Å². The lowest BCUT2D eigenvalue weighted by molar-refractivity contribution is -0.132. The van der Waals surface area contributed by atoms with Gasteiger partial charge in [0.15, 0.2) is 5.13 Å². The van der Waals surface area contributed by atoms with Crippen molar-refractivity contribution in [1.29, 1.82) is 0 Å². The molecule has 0 bridgehead atoms. The number of thiazole rings is 1. The summed E-state index contributed by atoms with van der Waals surface area (Å²) < 4.78 is 21.4. The lowest BCUT2D eigenvalue weighted by atomic mass is 9.93. The Bertz CT molecular complexity index is 1490. The summed E-state index contributed by atoms with van der Waals surface area (Å²) >= 11 is 0.924. The number of aryl methyl sites for hydroxylation is 2. The molecule has 3 aromatic rings. The number of Topliss-reactive ketones (excluding diaryl/α,β-unsaturated/α-hetero) is 1. The van der Waals surface area contributed by atoms with Crippen LogP contribution in [-0.4, -0.2) is 55.7 Å². The van der Waals surface area contributed by atoms with Crippen LogP contribution in [0.1, 0.15) is 45.0 Å². The number of methoxy groups -OCH3 is 3. The Balaban J connectivity index is 2.00. The topological polar surface area (TPSA) is 124 Å². The molecule has 10 nitrogen and oxygen atoms in total. The minimum absolute atomic E-state index is 0.0954. The highest BCUT2D eigenvalue weighted by Gasteiger charge is 2.49. The van der Waals surface area contributed by atoms with Crippen LogP contribution in [0.5, 0.6) is 17.2 Å². The van der Waals surface area contributed by atoms with Crippen molar-refractivity contribution in [2.75, 3.05) is 32.8 Å². The number of rotatable bonds is 8. The van der Waals surface area contributed by atoms with Crippen molar-refractivity contribution < 1.29 is 38.4 Å². The Kier molecular flexibility index (Phi) is 7.91. The molecule has 4 rings (SSSR count). The van der Waals surface area contributed by atoms with Gasteiger partial charge in [-0.1, -0.05) is 11.3 Å². The highest BCUT2D eigenvalue weighted by Crippen LogP contribution is 2.47. The van der Waals surface area contributed by atoms with Crippen LogP contribution in [0.15, 0.2) is 42.0 Å². The van der Waals surface area contributed by atoms with Gasteiger partial charge < -0.3 is 24.1 Å². The Labute approximate surface area is 229 Å². The number of nitrogens with zero attached hydrogens (tertiary/aromatic N) is 2. The molecule has 1 fully saturated rings. The molecule has 1 N–H and O–H groups in total. The van der Waals surface area contributed by atoms with Crippen LogP contribution >= 0.6 is 11.3 Å². The van der Waals surface area contributed by atoms with Gasteiger partial charge in [0.2, 0.25) is 0 Å². The summed E-state index contributed by atoms with van der Waals surface area (Å²) in [6.45, 7) is 5.22. The molecule has 2 aromatic carbocycles. The molecule has 11 heteroatoms. The summed E-state index contributed by atoms with van der Waals surface area (Å²) in [7, 11) is 4.46. The van der Waals surface area contributed by atoms with Gasteiger partial charge in [0.25, 0.3) is 5.78 Å². The van der Waals surface area contributed by atoms with Crippen LogP contribution in [0.25, 0.3) is 5.76 Å². The number of amides is 1. The van der Waals surface area contributed by atoms with Crippen LogP contribution in [0.2, 0.25) is 0 Å². The molecular formula is C28H28N2O8S. The largest absolute Gasteiger partial charge is 0.507 e. The number of hydrogen-bond donors (Lipinski definition) is 1. The number of aliphatic hydroxyl groups excluding tert-OH is 1. The fourth-order valence-corrected chi connectivity index (χ4v) is 5.41. The molecule has 1 atom stereocenters. The van der Waals surface area contributed by atoms with E-state index in [0.717, 1.165) is 11.3 Å². The zero-order valence-corrected chi connectivity index (χ0v) is 23.2. The number of carbonyl (C=O) groups excluding carboxylic acids is 3. The Morgan fingerprint density at radius 1 is 1.03 bits per heavy atom. The second kappa shape index (κ2) is 11.2. The zero-order valence-electron chi connectivity index (χ0n) is 22.4. The first-order valence-corrected chi connectivity index (χ1v) is 12.8. The summed E-state index contributed by atoms with van der Waals surface area (Å²) in [5.74, 6) is -1.42. The minimum atomic E-state index is -1.14. The maximum absolute atomic E-state index is 13.6. The van der Waals surface area contributed by atoms with E-state index in [1.165, 1.54) is 26.2 Å². The Hall–Kier alpha value is -4.38. The van der Waals surface area contributed by atoms with Crippen molar-refractivity contribution in [3.63, 3.8) is 0 Å². The predicted octanol–water partition coefficient (Wildman–Crippen LogP) is 4.59. The van der Waals surface area contributed by atoms with Crippen molar-refractivity contribution in [2.24, 2.45) is 0 Å². The second-order valence-corrected chi connectivity index (χ2v) is 9.57. The summed E-state index contributed by atoms with van der Waals surface area (Å²) in [5, 5.41) is 11.6. The first-order valence-electron chi connectivity index (χ1n) is 12.0. The Morgan fingerprint density at radius 2 is 1.69 bits per heavy atom. The smallest absolute Gasteiger partial charge is 0.350 e. The van der Waals surface area contributed by atoms with Gasteiger partial charge in [0.1, 0.15) is 33.9 Å². The van der Waals surface area contributed by atoms with Crippen molar-refractivity contribution in [3.05, 3.63) is 69.2 Å². The molecule has 1 aliphatic rings. The number of hydrogen-bond acceptors (Lipinski definition) is 10. The average Bonchev–Trinajstić information content (AvgIpc) is 3.44. The van der Waals surface area contributed by atoms with E-state index in [2.05, 4.69) is 4.98 Å². The van der Waals surface area contributed by atoms with E-state index in [1.54, 1.807) is 57.2 Å². The third-order valence-electron chi connectivity index (χ3n) is 6.32. The Morgan fingerprint density at radius 3 is 2.31 bits per heavy atom. The highest BCUT2D eigenvalue weighted by atomic mass is 32.1. The number of aromatic nitrogens is 1. The molecule has 0 aliphatic carbocycles. The monoisotopic (exact) mass is 552 g/mol. The van der Waals surface area contributed by atoms with Gasteiger partial charge in [0, 0.05) is 11.1 Å². The van der Waals surface area contributed by atoms with Crippen LogP contribution < -0.4 is 19.1 Å². The summed E-state index contributed by atoms with van der Waals surface area (Å²) in [5.41, 5.74) is 1.55. The summed E-state index contributed by atoms with van der Waals surface area (Å²) in [4.78, 5) is 45.5. The third-order valence-corrected chi connectivity index (χ3v) is 7.45. The van der Waals surface area contributed by atoms with Crippen LogP contribution in [0, 0.1) is 13.8 Å². The molecule has 0 saturated carbocycles. The fraction of sp³-hybridized carbons (Fsp3) is 0.286. The van der Waals surface area contributed by atoms with E-state index in [-0.39, 0.29) is 27.9 Å². The van der Waals surface area contributed by atoms with Crippen LogP contribution in [0.3, 0.4) is 0 Å². The lowest BCUT2D eigenvalue weighted by Gasteiger charge is -2.25.